The molecule has 0 aromatic heterocycles. The Hall–Kier alpha value is -1.82. The van der Waals surface area contributed by atoms with Crippen LogP contribution >= 0.6 is 0 Å². The van der Waals surface area contributed by atoms with Gasteiger partial charge in [-0.05, 0) is 120 Å². The monoisotopic (exact) mass is 436 g/mol. The minimum atomic E-state index is 1.05. The molecule has 180 valence electrons. The summed E-state index contributed by atoms with van der Waals surface area (Å²) in [6, 6.07) is 0. The standard InChI is InChI=1S/C32H52/c1-27(2)17-13-21-31(7)25-15-23-29(5)19-11-9-10-12-20-30(6)24-16-26-32(8)22-14-18-28(3)4/h9-10,17-20,25-26H,11-16,21-24H2,1-8H3/b10-9+,29-19+,30-20?,31-25+,32-26+. The van der Waals surface area contributed by atoms with Crippen molar-refractivity contribution in [1.82, 2.24) is 0 Å². The largest absolute Gasteiger partial charge is 0.0856 e. The van der Waals surface area contributed by atoms with Crippen molar-refractivity contribution < 1.29 is 0 Å². The zero-order valence-electron chi connectivity index (χ0n) is 22.7. The summed E-state index contributed by atoms with van der Waals surface area (Å²) in [5.41, 5.74) is 8.88. The van der Waals surface area contributed by atoms with E-state index in [0.717, 1.165) is 25.7 Å². The molecule has 0 amide bonds. The van der Waals surface area contributed by atoms with Crippen LogP contribution in [0.4, 0.5) is 0 Å². The molecule has 0 aliphatic heterocycles. The fraction of sp³-hybridized carbons (Fsp3) is 0.562. The summed E-state index contributed by atoms with van der Waals surface area (Å²) in [5.74, 6) is 0. The number of allylic oxidation sites excluding steroid dienone is 14. The summed E-state index contributed by atoms with van der Waals surface area (Å²) in [5, 5.41) is 0. The molecule has 0 radical (unpaired) electrons. The Bertz CT molecular complexity index is 643. The molecule has 0 spiro atoms. The summed E-state index contributed by atoms with van der Waals surface area (Å²) in [6.07, 6.45) is 30.4. The Morgan fingerprint density at radius 1 is 0.375 bits per heavy atom. The van der Waals surface area contributed by atoms with Crippen molar-refractivity contribution in [3.05, 3.63) is 82.0 Å². The van der Waals surface area contributed by atoms with E-state index in [1.165, 1.54) is 72.0 Å². The molecule has 0 aliphatic carbocycles. The number of hydrogen-bond donors (Lipinski definition) is 0. The van der Waals surface area contributed by atoms with E-state index >= 15 is 0 Å². The highest BCUT2D eigenvalue weighted by atomic mass is 14.0. The predicted octanol–water partition coefficient (Wildman–Crippen LogP) is 11.2. The lowest BCUT2D eigenvalue weighted by atomic mass is 10.1. The fourth-order valence-electron chi connectivity index (χ4n) is 3.41. The normalized spacial score (nSPS) is 13.6. The maximum absolute atomic E-state index is 2.42. The lowest BCUT2D eigenvalue weighted by Gasteiger charge is -2.01. The fourth-order valence-corrected chi connectivity index (χ4v) is 3.41. The average molecular weight is 437 g/mol. The maximum atomic E-state index is 2.42. The van der Waals surface area contributed by atoms with E-state index in [9.17, 15) is 0 Å². The van der Waals surface area contributed by atoms with Gasteiger partial charge in [-0.3, -0.25) is 0 Å². The molecule has 0 aromatic rings. The highest BCUT2D eigenvalue weighted by molar-refractivity contribution is 5.09. The molecule has 0 saturated carbocycles. The second kappa shape index (κ2) is 19.8. The Balaban J connectivity index is 4.06. The molecule has 0 unspecified atom stereocenters. The van der Waals surface area contributed by atoms with Gasteiger partial charge in [0, 0.05) is 0 Å². The summed E-state index contributed by atoms with van der Waals surface area (Å²) >= 11 is 0. The first-order chi connectivity index (χ1) is 15.2. The number of rotatable bonds is 16. The van der Waals surface area contributed by atoms with Gasteiger partial charge in [-0.25, -0.2) is 0 Å². The predicted molar refractivity (Wildman–Crippen MR) is 149 cm³/mol. The van der Waals surface area contributed by atoms with Crippen LogP contribution in [0.25, 0.3) is 0 Å². The molecule has 0 N–H and O–H groups in total. The SMILES string of the molecule is CC(C)=CCC/C(C)=C/CCC(C)=CC/C=C/C/C=C(\C)CC/C=C(\C)CCC=C(C)C. The van der Waals surface area contributed by atoms with Gasteiger partial charge in [0.2, 0.25) is 0 Å². The highest BCUT2D eigenvalue weighted by Gasteiger charge is 1.93. The van der Waals surface area contributed by atoms with Crippen LogP contribution in [0.1, 0.15) is 120 Å². The molecular formula is C32H52. The molecule has 0 aromatic carbocycles. The van der Waals surface area contributed by atoms with Crippen LogP contribution in [-0.2, 0) is 0 Å². The van der Waals surface area contributed by atoms with Crippen LogP contribution in [0.5, 0.6) is 0 Å². The van der Waals surface area contributed by atoms with Gasteiger partial charge in [0.05, 0.1) is 0 Å². The van der Waals surface area contributed by atoms with Crippen LogP contribution in [0.2, 0.25) is 0 Å². The first-order valence-electron chi connectivity index (χ1n) is 12.7. The maximum Gasteiger partial charge on any atom is -0.0166 e. The van der Waals surface area contributed by atoms with E-state index in [0.29, 0.717) is 0 Å². The first-order valence-corrected chi connectivity index (χ1v) is 12.7. The second-order valence-corrected chi connectivity index (χ2v) is 9.86. The molecule has 0 nitrogen and oxygen atoms in total. The van der Waals surface area contributed by atoms with Gasteiger partial charge in [0.25, 0.3) is 0 Å². The van der Waals surface area contributed by atoms with E-state index in [-0.39, 0.29) is 0 Å². The van der Waals surface area contributed by atoms with E-state index < -0.39 is 0 Å². The third kappa shape index (κ3) is 21.4. The molecule has 0 heterocycles. The van der Waals surface area contributed by atoms with Crippen LogP contribution in [-0.4, -0.2) is 0 Å². The van der Waals surface area contributed by atoms with Crippen LogP contribution in [0.15, 0.2) is 82.0 Å². The van der Waals surface area contributed by atoms with Crippen molar-refractivity contribution in [2.75, 3.05) is 0 Å². The molecule has 0 aliphatic rings. The van der Waals surface area contributed by atoms with Gasteiger partial charge in [-0.2, -0.15) is 0 Å². The van der Waals surface area contributed by atoms with Crippen molar-refractivity contribution in [1.29, 1.82) is 0 Å². The third-order valence-corrected chi connectivity index (χ3v) is 5.62. The van der Waals surface area contributed by atoms with Gasteiger partial charge in [-0.1, -0.05) is 82.0 Å². The van der Waals surface area contributed by atoms with Crippen LogP contribution in [0.3, 0.4) is 0 Å². The van der Waals surface area contributed by atoms with E-state index in [2.05, 4.69) is 104 Å². The first kappa shape index (κ1) is 30.2. The minimum absolute atomic E-state index is 1.05. The van der Waals surface area contributed by atoms with Crippen molar-refractivity contribution >= 4 is 0 Å². The average Bonchev–Trinajstić information content (AvgIpc) is 2.70. The van der Waals surface area contributed by atoms with E-state index in [1.54, 1.807) is 0 Å². The summed E-state index contributed by atoms with van der Waals surface area (Å²) < 4.78 is 0. The lowest BCUT2D eigenvalue weighted by molar-refractivity contribution is 0.914. The van der Waals surface area contributed by atoms with Crippen molar-refractivity contribution in [2.24, 2.45) is 0 Å². The molecule has 0 atom stereocenters. The second-order valence-electron chi connectivity index (χ2n) is 9.86. The molecule has 0 heteroatoms. The molecule has 0 rings (SSSR count). The van der Waals surface area contributed by atoms with Crippen LogP contribution < -0.4 is 0 Å². The quantitative estimate of drug-likeness (QED) is 0.211. The molecule has 0 bridgehead atoms. The lowest BCUT2D eigenvalue weighted by Crippen LogP contribution is -1.81. The van der Waals surface area contributed by atoms with Gasteiger partial charge < -0.3 is 0 Å². The van der Waals surface area contributed by atoms with E-state index in [1.807, 2.05) is 0 Å². The molecule has 0 saturated heterocycles. The van der Waals surface area contributed by atoms with Crippen LogP contribution in [0, 0.1) is 0 Å². The highest BCUT2D eigenvalue weighted by Crippen LogP contribution is 2.13. The topological polar surface area (TPSA) is 0 Å². The van der Waals surface area contributed by atoms with E-state index in [4.69, 9.17) is 0 Å². The van der Waals surface area contributed by atoms with Gasteiger partial charge in [0.1, 0.15) is 0 Å². The van der Waals surface area contributed by atoms with Gasteiger partial charge >= 0.3 is 0 Å². The van der Waals surface area contributed by atoms with Gasteiger partial charge in [0.15, 0.2) is 0 Å². The summed E-state index contributed by atoms with van der Waals surface area (Å²) in [6.45, 7) is 17.8. The third-order valence-electron chi connectivity index (χ3n) is 5.62. The van der Waals surface area contributed by atoms with Crippen molar-refractivity contribution in [3.8, 4) is 0 Å². The van der Waals surface area contributed by atoms with Crippen molar-refractivity contribution in [3.63, 3.8) is 0 Å². The summed E-state index contributed by atoms with van der Waals surface area (Å²) in [4.78, 5) is 0. The molecular weight excluding hydrogens is 384 g/mol. The zero-order chi connectivity index (χ0) is 24.2. The molecule has 32 heavy (non-hydrogen) atoms. The smallest absolute Gasteiger partial charge is 0.0166 e. The Labute approximate surface area is 201 Å². The Morgan fingerprint density at radius 3 is 0.969 bits per heavy atom. The minimum Gasteiger partial charge on any atom is -0.0856 e. The number of hydrogen-bond acceptors (Lipinski definition) is 0. The zero-order valence-corrected chi connectivity index (χ0v) is 22.7. The van der Waals surface area contributed by atoms with Crippen molar-refractivity contribution in [2.45, 2.75) is 120 Å². The van der Waals surface area contributed by atoms with Gasteiger partial charge in [-0.15, -0.1) is 0 Å². The Morgan fingerprint density at radius 2 is 0.656 bits per heavy atom. The Kier molecular flexibility index (Phi) is 18.7. The molecule has 0 fully saturated rings. The summed E-state index contributed by atoms with van der Waals surface area (Å²) in [7, 11) is 0.